The largest absolute Gasteiger partial charge is 0.456 e. The number of anilines is 1. The fraction of sp³-hybridized carbons (Fsp3) is 0.400. The first-order valence-corrected chi connectivity index (χ1v) is 15.0. The Kier molecular flexibility index (Phi) is 7.75. The minimum atomic E-state index is -3.44. The first-order valence-electron chi connectivity index (χ1n) is 13.4. The minimum absolute atomic E-state index is 0.0240. The molecule has 2 fully saturated rings. The monoisotopic (exact) mass is 548 g/mol. The summed E-state index contributed by atoms with van der Waals surface area (Å²) in [6.07, 6.45) is 5.92. The molecule has 0 saturated carbocycles. The molecule has 5 rings (SSSR count). The Morgan fingerprint density at radius 1 is 0.974 bits per heavy atom. The molecule has 0 unspecified atom stereocenters. The molecule has 2 saturated heterocycles. The molecule has 9 heteroatoms. The number of rotatable bonds is 8. The number of sulfonamides is 1. The van der Waals surface area contributed by atoms with E-state index in [1.165, 1.54) is 0 Å². The van der Waals surface area contributed by atoms with Crippen molar-refractivity contribution in [2.75, 3.05) is 31.5 Å². The molecule has 2 aromatic carbocycles. The second kappa shape index (κ2) is 11.1. The van der Waals surface area contributed by atoms with Crippen molar-refractivity contribution in [3.63, 3.8) is 0 Å². The van der Waals surface area contributed by atoms with Gasteiger partial charge in [0.1, 0.15) is 11.5 Å². The lowest BCUT2D eigenvalue weighted by Crippen LogP contribution is -2.45. The van der Waals surface area contributed by atoms with Gasteiger partial charge >= 0.3 is 0 Å². The van der Waals surface area contributed by atoms with E-state index >= 15 is 0 Å². The van der Waals surface area contributed by atoms with Gasteiger partial charge < -0.3 is 10.1 Å². The molecular formula is C30H36N4O4S. The van der Waals surface area contributed by atoms with Crippen LogP contribution in [0.1, 0.15) is 38.7 Å². The summed E-state index contributed by atoms with van der Waals surface area (Å²) < 4.78 is 34.3. The first-order chi connectivity index (χ1) is 18.6. The van der Waals surface area contributed by atoms with Gasteiger partial charge in [0.2, 0.25) is 15.9 Å². The highest BCUT2D eigenvalue weighted by Gasteiger charge is 2.53. The number of piperidine rings is 1. The van der Waals surface area contributed by atoms with Crippen molar-refractivity contribution < 1.29 is 17.9 Å². The normalized spacial score (nSPS) is 19.1. The molecule has 0 aliphatic carbocycles. The first kappa shape index (κ1) is 27.3. The number of likely N-dealkylation sites (tertiary alicyclic amines) is 1. The predicted molar refractivity (Wildman–Crippen MR) is 152 cm³/mol. The Morgan fingerprint density at radius 2 is 1.69 bits per heavy atom. The highest BCUT2D eigenvalue weighted by atomic mass is 32.2. The molecule has 2 aliphatic heterocycles. The van der Waals surface area contributed by atoms with Crippen LogP contribution >= 0.6 is 0 Å². The van der Waals surface area contributed by atoms with Crippen LogP contribution in [-0.2, 0) is 20.6 Å². The van der Waals surface area contributed by atoms with Crippen molar-refractivity contribution in [1.29, 1.82) is 0 Å². The van der Waals surface area contributed by atoms with Gasteiger partial charge in [-0.15, -0.1) is 0 Å². The number of pyridine rings is 1. The molecule has 1 amide bonds. The summed E-state index contributed by atoms with van der Waals surface area (Å²) in [5.74, 6) is 1.28. The number of nitrogens with one attached hydrogen (secondary N) is 1. The van der Waals surface area contributed by atoms with E-state index in [9.17, 15) is 13.2 Å². The fourth-order valence-electron chi connectivity index (χ4n) is 5.99. The Bertz CT molecular complexity index is 1370. The number of aromatic nitrogens is 1. The zero-order valence-corrected chi connectivity index (χ0v) is 23.4. The lowest BCUT2D eigenvalue weighted by molar-refractivity contribution is -0.117. The van der Waals surface area contributed by atoms with Crippen LogP contribution in [0.25, 0.3) is 0 Å². The molecule has 3 heterocycles. The van der Waals surface area contributed by atoms with Gasteiger partial charge in [0.25, 0.3) is 0 Å². The number of carbonyl (C=O) groups excluding carboxylic acids is 1. The quantitative estimate of drug-likeness (QED) is 0.430. The van der Waals surface area contributed by atoms with E-state index in [1.807, 2.05) is 80.6 Å². The maximum absolute atomic E-state index is 13.4. The van der Waals surface area contributed by atoms with Gasteiger partial charge in [0.15, 0.2) is 0 Å². The van der Waals surface area contributed by atoms with Gasteiger partial charge in [-0.05, 0) is 93.6 Å². The van der Waals surface area contributed by atoms with Gasteiger partial charge in [-0.2, -0.15) is 4.31 Å². The molecular weight excluding hydrogens is 512 g/mol. The Hall–Kier alpha value is -3.27. The van der Waals surface area contributed by atoms with Crippen LogP contribution in [-0.4, -0.2) is 60.2 Å². The lowest BCUT2D eigenvalue weighted by atomic mass is 9.74. The molecule has 3 aromatic rings. The third kappa shape index (κ3) is 6.66. The molecule has 8 nitrogen and oxygen atoms in total. The lowest BCUT2D eigenvalue weighted by Gasteiger charge is -2.39. The Balaban J connectivity index is 1.12. The van der Waals surface area contributed by atoms with E-state index < -0.39 is 15.6 Å². The van der Waals surface area contributed by atoms with Gasteiger partial charge in [-0.25, -0.2) is 8.42 Å². The SMILES string of the molecule is CC1(C)CC2(CCN(CC(=O)Nc3ccc(Oc4cccnc4)cc3)CC2)CN1S(=O)(=O)Cc1ccccc1. The summed E-state index contributed by atoms with van der Waals surface area (Å²) in [5.41, 5.74) is 1.04. The molecule has 206 valence electrons. The van der Waals surface area contributed by atoms with E-state index in [2.05, 4.69) is 15.2 Å². The summed E-state index contributed by atoms with van der Waals surface area (Å²) in [6.45, 7) is 6.47. The molecule has 0 radical (unpaired) electrons. The third-order valence-corrected chi connectivity index (χ3v) is 9.77. The molecule has 39 heavy (non-hydrogen) atoms. The second-order valence-electron chi connectivity index (χ2n) is 11.4. The standard InChI is InChI=1S/C30H36N4O4S/c1-29(2)22-30(23-34(29)39(36,37)21-24-7-4-3-5-8-24)14-17-33(18-15-30)20-28(35)32-25-10-12-26(13-11-25)38-27-9-6-16-31-19-27/h3-13,16,19H,14-15,17-18,20-23H2,1-2H3,(H,32,35). The van der Waals surface area contributed by atoms with Crippen molar-refractivity contribution in [2.24, 2.45) is 5.41 Å². The van der Waals surface area contributed by atoms with Crippen LogP contribution in [0.2, 0.25) is 0 Å². The average molecular weight is 549 g/mol. The Morgan fingerprint density at radius 3 is 2.36 bits per heavy atom. The summed E-state index contributed by atoms with van der Waals surface area (Å²) in [6, 6.07) is 20.3. The minimum Gasteiger partial charge on any atom is -0.456 e. The van der Waals surface area contributed by atoms with Gasteiger partial charge in [0.05, 0.1) is 18.5 Å². The zero-order valence-electron chi connectivity index (χ0n) is 22.5. The van der Waals surface area contributed by atoms with E-state index in [0.717, 1.165) is 37.9 Å². The summed E-state index contributed by atoms with van der Waals surface area (Å²) in [7, 11) is -3.44. The Labute approximate surface area is 231 Å². The highest BCUT2D eigenvalue weighted by Crippen LogP contribution is 2.49. The van der Waals surface area contributed by atoms with E-state index in [0.29, 0.717) is 30.3 Å². The van der Waals surface area contributed by atoms with Gasteiger partial charge in [-0.3, -0.25) is 14.7 Å². The number of benzene rings is 2. The number of hydrogen-bond donors (Lipinski definition) is 1. The molecule has 1 N–H and O–H groups in total. The van der Waals surface area contributed by atoms with Crippen LogP contribution in [0.5, 0.6) is 11.5 Å². The number of amides is 1. The highest BCUT2D eigenvalue weighted by molar-refractivity contribution is 7.88. The van der Waals surface area contributed by atoms with E-state index in [4.69, 9.17) is 4.74 Å². The smallest absolute Gasteiger partial charge is 0.238 e. The molecule has 1 spiro atoms. The molecule has 2 aliphatic rings. The van der Waals surface area contributed by atoms with Crippen LogP contribution in [0.4, 0.5) is 5.69 Å². The zero-order chi connectivity index (χ0) is 27.5. The molecule has 0 atom stereocenters. The maximum atomic E-state index is 13.4. The molecule has 0 bridgehead atoms. The summed E-state index contributed by atoms with van der Waals surface area (Å²) in [4.78, 5) is 18.9. The van der Waals surface area contributed by atoms with Gasteiger partial charge in [0, 0.05) is 24.0 Å². The van der Waals surface area contributed by atoms with E-state index in [1.54, 1.807) is 16.7 Å². The predicted octanol–water partition coefficient (Wildman–Crippen LogP) is 4.91. The van der Waals surface area contributed by atoms with Crippen LogP contribution in [0, 0.1) is 5.41 Å². The summed E-state index contributed by atoms with van der Waals surface area (Å²) in [5, 5.41) is 2.97. The van der Waals surface area contributed by atoms with Crippen molar-refractivity contribution in [2.45, 2.75) is 44.4 Å². The third-order valence-electron chi connectivity index (χ3n) is 7.78. The van der Waals surface area contributed by atoms with Crippen molar-refractivity contribution >= 4 is 21.6 Å². The second-order valence-corrected chi connectivity index (χ2v) is 13.3. The summed E-state index contributed by atoms with van der Waals surface area (Å²) >= 11 is 0. The van der Waals surface area contributed by atoms with Crippen molar-refractivity contribution in [3.05, 3.63) is 84.7 Å². The van der Waals surface area contributed by atoms with Gasteiger partial charge in [-0.1, -0.05) is 30.3 Å². The van der Waals surface area contributed by atoms with E-state index in [-0.39, 0.29) is 17.1 Å². The number of hydrogen-bond acceptors (Lipinski definition) is 6. The number of carbonyl (C=O) groups is 1. The molecule has 1 aromatic heterocycles. The average Bonchev–Trinajstić information content (AvgIpc) is 3.18. The van der Waals surface area contributed by atoms with Crippen LogP contribution < -0.4 is 10.1 Å². The fourth-order valence-corrected chi connectivity index (χ4v) is 8.05. The van der Waals surface area contributed by atoms with Crippen molar-refractivity contribution in [1.82, 2.24) is 14.2 Å². The van der Waals surface area contributed by atoms with Crippen LogP contribution in [0.15, 0.2) is 79.1 Å². The number of ether oxygens (including phenoxy) is 1. The van der Waals surface area contributed by atoms with Crippen LogP contribution in [0.3, 0.4) is 0 Å². The topological polar surface area (TPSA) is 91.8 Å². The maximum Gasteiger partial charge on any atom is 0.238 e. The number of nitrogens with zero attached hydrogens (tertiary/aromatic N) is 3. The van der Waals surface area contributed by atoms with Crippen molar-refractivity contribution in [3.8, 4) is 11.5 Å².